The fourth-order valence-electron chi connectivity index (χ4n) is 7.57. The van der Waals surface area contributed by atoms with E-state index in [0.717, 1.165) is 116 Å². The van der Waals surface area contributed by atoms with Crippen molar-refractivity contribution in [1.82, 2.24) is 0 Å². The molecule has 0 aliphatic carbocycles. The summed E-state index contributed by atoms with van der Waals surface area (Å²) >= 11 is 0. The molecule has 0 bridgehead atoms. The van der Waals surface area contributed by atoms with Gasteiger partial charge >= 0.3 is 23.9 Å². The largest absolute Gasteiger partial charge is 0.479 e. The molecule has 1 fully saturated rings. The van der Waals surface area contributed by atoms with E-state index in [2.05, 4.69) is 93.7 Å². The van der Waals surface area contributed by atoms with E-state index in [4.69, 9.17) is 23.7 Å². The maximum absolute atomic E-state index is 13.1. The van der Waals surface area contributed by atoms with E-state index in [1.807, 2.05) is 0 Å². The quantitative estimate of drug-likeness (QED) is 0.0228. The lowest BCUT2D eigenvalue weighted by atomic mass is 9.98. The Morgan fingerprint density at radius 1 is 0.493 bits per heavy atom. The molecule has 1 heterocycles. The Balaban J connectivity index is 2.77. The van der Waals surface area contributed by atoms with Crippen molar-refractivity contribution in [2.75, 3.05) is 13.2 Å². The highest BCUT2D eigenvalue weighted by Gasteiger charge is 2.50. The molecule has 0 aromatic heterocycles. The van der Waals surface area contributed by atoms with E-state index in [9.17, 15) is 34.5 Å². The molecule has 1 rings (SSSR count). The second-order valence-corrected chi connectivity index (χ2v) is 18.1. The molecule has 0 saturated carbocycles. The molecular formula is C57H94O12. The zero-order valence-corrected chi connectivity index (χ0v) is 43.0. The molecule has 1 aliphatic rings. The van der Waals surface area contributed by atoms with Crippen LogP contribution in [0.1, 0.15) is 213 Å². The average molecular weight is 971 g/mol. The number of aliphatic carboxylic acids is 1. The zero-order valence-electron chi connectivity index (χ0n) is 43.0. The number of carboxylic acid groups (broad SMARTS) is 1. The van der Waals surface area contributed by atoms with Crippen LogP contribution in [0.25, 0.3) is 0 Å². The highest BCUT2D eigenvalue weighted by Crippen LogP contribution is 2.26. The van der Waals surface area contributed by atoms with Crippen molar-refractivity contribution in [2.24, 2.45) is 0 Å². The Labute approximate surface area is 417 Å². The van der Waals surface area contributed by atoms with Crippen LogP contribution in [0.4, 0.5) is 0 Å². The summed E-state index contributed by atoms with van der Waals surface area (Å²) < 4.78 is 28.2. The zero-order chi connectivity index (χ0) is 50.4. The molecule has 1 aliphatic heterocycles. The lowest BCUT2D eigenvalue weighted by Crippen LogP contribution is -2.61. The second-order valence-electron chi connectivity index (χ2n) is 18.1. The summed E-state index contributed by atoms with van der Waals surface area (Å²) in [6.07, 6.45) is 43.2. The minimum atomic E-state index is -1.91. The van der Waals surface area contributed by atoms with Crippen molar-refractivity contribution in [3.05, 3.63) is 72.9 Å². The number of esters is 3. The van der Waals surface area contributed by atoms with Gasteiger partial charge in [-0.3, -0.25) is 14.4 Å². The van der Waals surface area contributed by atoms with E-state index in [1.54, 1.807) is 0 Å². The van der Waals surface area contributed by atoms with Crippen LogP contribution < -0.4 is 0 Å². The number of hydrogen-bond acceptors (Lipinski definition) is 11. The minimum absolute atomic E-state index is 0.0428. The topological polar surface area (TPSA) is 175 Å². The molecule has 0 amide bonds. The van der Waals surface area contributed by atoms with E-state index >= 15 is 0 Å². The predicted molar refractivity (Wildman–Crippen MR) is 275 cm³/mol. The highest BCUT2D eigenvalue weighted by molar-refractivity contribution is 5.74. The van der Waals surface area contributed by atoms with Crippen LogP contribution in [-0.4, -0.2) is 89.2 Å². The van der Waals surface area contributed by atoms with Gasteiger partial charge in [-0.25, -0.2) is 4.79 Å². The molecule has 3 N–H and O–H groups in total. The summed E-state index contributed by atoms with van der Waals surface area (Å²) in [5.74, 6) is -3.20. The monoisotopic (exact) mass is 971 g/mol. The van der Waals surface area contributed by atoms with Crippen LogP contribution in [-0.2, 0) is 42.9 Å². The van der Waals surface area contributed by atoms with Gasteiger partial charge in [0.2, 0.25) is 0 Å². The molecular weight excluding hydrogens is 877 g/mol. The van der Waals surface area contributed by atoms with Gasteiger partial charge in [-0.1, -0.05) is 164 Å². The van der Waals surface area contributed by atoms with Crippen molar-refractivity contribution in [2.45, 2.75) is 250 Å². The highest BCUT2D eigenvalue weighted by atomic mass is 16.7. The standard InChI is InChI=1S/C57H94O12/c1-4-7-10-13-16-19-22-24-25-27-29-31-34-37-40-43-49(58)65-46-48(67-50(59)44-41-38-35-33-30-26-23-20-17-14-11-8-5-2)47-66-57-55(53(62)52(61)54(69-57)56(63)64)68-51(60)45-42-39-36-32-28-21-18-15-12-9-6-3/h7,10,15-16,18-20,23-25,29,31,48,52-55,57,61-62H,4-6,8-9,11-14,17,21-22,26-28,30,32-47H2,1-3H3,(H,63,64)/b10-7-,18-15-,19-16-,23-20-,25-24-,31-29-. The molecule has 0 aromatic rings. The van der Waals surface area contributed by atoms with Gasteiger partial charge in [0, 0.05) is 19.3 Å². The molecule has 6 atom stereocenters. The number of aliphatic hydroxyl groups excluding tert-OH is 2. The van der Waals surface area contributed by atoms with Gasteiger partial charge in [-0.15, -0.1) is 0 Å². The SMILES string of the molecule is CC/C=C\C/C=C\C/C=C\C/C=C\CCCCC(=O)OCC(COC1OC(C(=O)O)C(O)C(O)C1OC(=O)CCCCCCC/C=C\CCCC)OC(=O)CCCCCCC/C=C\CCCCCC. The molecule has 0 aromatic carbocycles. The average Bonchev–Trinajstić information content (AvgIpc) is 3.33. The Morgan fingerprint density at radius 2 is 0.928 bits per heavy atom. The first-order valence-corrected chi connectivity index (χ1v) is 26.9. The Kier molecular flexibility index (Phi) is 41.5. The second kappa shape index (κ2) is 45.3. The van der Waals surface area contributed by atoms with Gasteiger partial charge in [-0.05, 0) is 103 Å². The van der Waals surface area contributed by atoms with Gasteiger partial charge in [0.15, 0.2) is 24.6 Å². The van der Waals surface area contributed by atoms with E-state index in [-0.39, 0.29) is 25.9 Å². The number of unbranched alkanes of at least 4 members (excludes halogenated alkanes) is 18. The van der Waals surface area contributed by atoms with Crippen molar-refractivity contribution >= 4 is 23.9 Å². The first-order valence-electron chi connectivity index (χ1n) is 26.9. The maximum atomic E-state index is 13.1. The lowest BCUT2D eigenvalue weighted by molar-refractivity contribution is -0.301. The number of carbonyl (C=O) groups excluding carboxylic acids is 3. The van der Waals surface area contributed by atoms with Crippen LogP contribution in [0, 0.1) is 0 Å². The smallest absolute Gasteiger partial charge is 0.335 e. The first kappa shape index (κ1) is 63.2. The molecule has 12 nitrogen and oxygen atoms in total. The Bertz CT molecular complexity index is 1480. The molecule has 1 saturated heterocycles. The van der Waals surface area contributed by atoms with Crippen LogP contribution in [0.5, 0.6) is 0 Å². The number of carbonyl (C=O) groups is 4. The third-order valence-electron chi connectivity index (χ3n) is 11.7. The van der Waals surface area contributed by atoms with Crippen molar-refractivity contribution in [3.8, 4) is 0 Å². The third-order valence-corrected chi connectivity index (χ3v) is 11.7. The van der Waals surface area contributed by atoms with E-state index in [1.165, 1.54) is 38.5 Å². The van der Waals surface area contributed by atoms with Crippen molar-refractivity contribution < 1.29 is 58.2 Å². The number of ether oxygens (including phenoxy) is 5. The fourth-order valence-corrected chi connectivity index (χ4v) is 7.57. The summed E-state index contributed by atoms with van der Waals surface area (Å²) in [5.41, 5.74) is 0. The van der Waals surface area contributed by atoms with Crippen LogP contribution in [0.15, 0.2) is 72.9 Å². The maximum Gasteiger partial charge on any atom is 0.335 e. The Morgan fingerprint density at radius 3 is 1.48 bits per heavy atom. The summed E-state index contributed by atoms with van der Waals surface area (Å²) in [4.78, 5) is 50.8. The van der Waals surface area contributed by atoms with Crippen LogP contribution >= 0.6 is 0 Å². The molecule has 12 heteroatoms. The fraction of sp³-hybridized carbons (Fsp3) is 0.719. The first-order chi connectivity index (χ1) is 33.6. The summed E-state index contributed by atoms with van der Waals surface area (Å²) in [7, 11) is 0. The minimum Gasteiger partial charge on any atom is -0.479 e. The van der Waals surface area contributed by atoms with Crippen molar-refractivity contribution in [1.29, 1.82) is 0 Å². The van der Waals surface area contributed by atoms with Crippen LogP contribution in [0.2, 0.25) is 0 Å². The van der Waals surface area contributed by atoms with Gasteiger partial charge in [-0.2, -0.15) is 0 Å². The van der Waals surface area contributed by atoms with E-state index < -0.39 is 67.3 Å². The molecule has 6 unspecified atom stereocenters. The molecule has 0 spiro atoms. The van der Waals surface area contributed by atoms with Gasteiger partial charge in [0.05, 0.1) is 6.61 Å². The molecule has 0 radical (unpaired) electrons. The lowest BCUT2D eigenvalue weighted by Gasteiger charge is -2.40. The summed E-state index contributed by atoms with van der Waals surface area (Å²) in [5, 5.41) is 31.3. The number of allylic oxidation sites excluding steroid dienone is 12. The van der Waals surface area contributed by atoms with Gasteiger partial charge in [0.25, 0.3) is 0 Å². The summed E-state index contributed by atoms with van der Waals surface area (Å²) in [6.45, 7) is 5.74. The molecule has 394 valence electrons. The van der Waals surface area contributed by atoms with Crippen molar-refractivity contribution in [3.63, 3.8) is 0 Å². The van der Waals surface area contributed by atoms with E-state index in [0.29, 0.717) is 19.3 Å². The number of carboxylic acids is 1. The predicted octanol–water partition coefficient (Wildman–Crippen LogP) is 13.0. The van der Waals surface area contributed by atoms with Crippen LogP contribution in [0.3, 0.4) is 0 Å². The van der Waals surface area contributed by atoms with Gasteiger partial charge < -0.3 is 39.0 Å². The number of aliphatic hydroxyl groups is 2. The van der Waals surface area contributed by atoms with Gasteiger partial charge in [0.1, 0.15) is 18.8 Å². The molecule has 69 heavy (non-hydrogen) atoms. The summed E-state index contributed by atoms with van der Waals surface area (Å²) in [6, 6.07) is 0. The third kappa shape index (κ3) is 35.8. The number of hydrogen-bond donors (Lipinski definition) is 3. The number of rotatable bonds is 44. The normalized spacial score (nSPS) is 19.2. The Hall–Kier alpha value is -3.84.